The molecule has 0 amide bonds. The molecule has 1 heterocycles. The Labute approximate surface area is 111 Å². The third-order valence-corrected chi connectivity index (χ3v) is 3.89. The molecule has 0 radical (unpaired) electrons. The molecular formula is C14H17NO2S. The third-order valence-electron chi connectivity index (χ3n) is 2.89. The van der Waals surface area contributed by atoms with E-state index >= 15 is 0 Å². The van der Waals surface area contributed by atoms with Crippen LogP contribution < -0.4 is 4.74 Å². The minimum absolute atomic E-state index is 0.266. The summed E-state index contributed by atoms with van der Waals surface area (Å²) in [4.78, 5) is 4.38. The number of rotatable bonds is 3. The Morgan fingerprint density at radius 2 is 2.06 bits per heavy atom. The molecule has 0 aliphatic rings. The second-order valence-electron chi connectivity index (χ2n) is 4.52. The summed E-state index contributed by atoms with van der Waals surface area (Å²) in [5.74, 6) is 1.23. The largest absolute Gasteiger partial charge is 0.498 e. The van der Waals surface area contributed by atoms with E-state index in [1.807, 2.05) is 6.07 Å². The molecule has 3 nitrogen and oxygen atoms in total. The predicted molar refractivity (Wildman–Crippen MR) is 74.6 cm³/mol. The van der Waals surface area contributed by atoms with E-state index in [4.69, 9.17) is 4.74 Å². The van der Waals surface area contributed by atoms with Gasteiger partial charge < -0.3 is 9.84 Å². The van der Waals surface area contributed by atoms with Crippen LogP contribution in [0.15, 0.2) is 18.2 Å². The van der Waals surface area contributed by atoms with Gasteiger partial charge in [-0.2, -0.15) is 0 Å². The van der Waals surface area contributed by atoms with Gasteiger partial charge in [-0.1, -0.05) is 31.3 Å². The van der Waals surface area contributed by atoms with E-state index in [0.717, 1.165) is 16.3 Å². The first-order valence-corrected chi connectivity index (χ1v) is 6.69. The molecule has 18 heavy (non-hydrogen) atoms. The van der Waals surface area contributed by atoms with Crippen LogP contribution in [0, 0.1) is 6.92 Å². The van der Waals surface area contributed by atoms with Gasteiger partial charge in [0.25, 0.3) is 0 Å². The first-order chi connectivity index (χ1) is 8.52. The Bertz CT molecular complexity index is 541. The molecule has 1 aromatic carbocycles. The van der Waals surface area contributed by atoms with E-state index in [2.05, 4.69) is 31.0 Å². The molecule has 4 heteroatoms. The van der Waals surface area contributed by atoms with Crippen molar-refractivity contribution in [3.8, 4) is 21.4 Å². The second-order valence-corrected chi connectivity index (χ2v) is 5.50. The van der Waals surface area contributed by atoms with Crippen molar-refractivity contribution < 1.29 is 9.84 Å². The van der Waals surface area contributed by atoms with Crippen molar-refractivity contribution in [1.82, 2.24) is 4.98 Å². The zero-order valence-electron chi connectivity index (χ0n) is 11.0. The summed E-state index contributed by atoms with van der Waals surface area (Å²) in [7, 11) is 1.65. The maximum atomic E-state index is 9.66. The lowest BCUT2D eigenvalue weighted by Crippen LogP contribution is -1.92. The molecular weight excluding hydrogens is 246 g/mol. The monoisotopic (exact) mass is 263 g/mol. The summed E-state index contributed by atoms with van der Waals surface area (Å²) in [6.07, 6.45) is 0. The van der Waals surface area contributed by atoms with E-state index in [0.29, 0.717) is 11.6 Å². The lowest BCUT2D eigenvalue weighted by atomic mass is 10.0. The van der Waals surface area contributed by atoms with E-state index in [-0.39, 0.29) is 5.06 Å². The molecule has 0 bridgehead atoms. The van der Waals surface area contributed by atoms with Gasteiger partial charge >= 0.3 is 0 Å². The van der Waals surface area contributed by atoms with Crippen LogP contribution in [0.2, 0.25) is 0 Å². The van der Waals surface area contributed by atoms with Gasteiger partial charge in [0.15, 0.2) is 5.06 Å². The van der Waals surface area contributed by atoms with Gasteiger partial charge in [-0.05, 0) is 30.5 Å². The molecule has 1 aromatic heterocycles. The van der Waals surface area contributed by atoms with Crippen LogP contribution in [0.3, 0.4) is 0 Å². The first-order valence-electron chi connectivity index (χ1n) is 5.87. The van der Waals surface area contributed by atoms with E-state index in [9.17, 15) is 5.11 Å². The third kappa shape index (κ3) is 2.34. The molecule has 2 aromatic rings. The summed E-state index contributed by atoms with van der Waals surface area (Å²) in [5, 5.41) is 10.7. The van der Waals surface area contributed by atoms with Crippen LogP contribution in [-0.2, 0) is 0 Å². The zero-order chi connectivity index (χ0) is 13.3. The van der Waals surface area contributed by atoms with Crippen LogP contribution >= 0.6 is 11.3 Å². The number of aryl methyl sites for hydroxylation is 1. The fourth-order valence-electron chi connectivity index (χ4n) is 1.76. The van der Waals surface area contributed by atoms with Crippen LogP contribution in [0.5, 0.6) is 10.8 Å². The topological polar surface area (TPSA) is 42.4 Å². The Hall–Kier alpha value is -1.55. The van der Waals surface area contributed by atoms with Crippen molar-refractivity contribution in [2.45, 2.75) is 26.7 Å². The van der Waals surface area contributed by atoms with Gasteiger partial charge in [0.1, 0.15) is 10.8 Å². The summed E-state index contributed by atoms with van der Waals surface area (Å²) < 4.78 is 5.37. The quantitative estimate of drug-likeness (QED) is 0.911. The molecule has 0 atom stereocenters. The molecule has 0 fully saturated rings. The lowest BCUT2D eigenvalue weighted by Gasteiger charge is -2.10. The van der Waals surface area contributed by atoms with E-state index in [1.54, 1.807) is 14.0 Å². The van der Waals surface area contributed by atoms with Gasteiger partial charge in [-0.25, -0.2) is 4.98 Å². The Morgan fingerprint density at radius 1 is 1.33 bits per heavy atom. The summed E-state index contributed by atoms with van der Waals surface area (Å²) in [6.45, 7) is 6.10. The number of aromatic nitrogens is 1. The fourth-order valence-corrected chi connectivity index (χ4v) is 2.58. The molecule has 2 rings (SSSR count). The van der Waals surface area contributed by atoms with Crippen LogP contribution in [-0.4, -0.2) is 17.2 Å². The van der Waals surface area contributed by atoms with Crippen molar-refractivity contribution in [3.63, 3.8) is 0 Å². The van der Waals surface area contributed by atoms with Gasteiger partial charge in [-0.15, -0.1) is 0 Å². The smallest absolute Gasteiger partial charge is 0.195 e. The van der Waals surface area contributed by atoms with Crippen molar-refractivity contribution >= 4 is 11.3 Å². The normalized spacial score (nSPS) is 10.9. The number of hydrogen-bond donors (Lipinski definition) is 1. The Kier molecular flexibility index (Phi) is 3.57. The average Bonchev–Trinajstić information content (AvgIpc) is 2.68. The molecule has 0 spiro atoms. The molecule has 0 aliphatic heterocycles. The number of hydrogen-bond acceptors (Lipinski definition) is 4. The number of thiazole rings is 1. The van der Waals surface area contributed by atoms with Crippen molar-refractivity contribution in [2.75, 3.05) is 7.11 Å². The highest BCUT2D eigenvalue weighted by molar-refractivity contribution is 7.16. The predicted octanol–water partition coefficient (Wildman–Crippen LogP) is 3.96. The maximum absolute atomic E-state index is 9.66. The summed E-state index contributed by atoms with van der Waals surface area (Å²) in [6, 6.07) is 6.10. The van der Waals surface area contributed by atoms with Crippen LogP contribution in [0.4, 0.5) is 0 Å². The van der Waals surface area contributed by atoms with Crippen molar-refractivity contribution in [1.29, 1.82) is 0 Å². The minimum Gasteiger partial charge on any atom is -0.498 e. The fraction of sp³-hybridized carbons (Fsp3) is 0.357. The number of nitrogens with zero attached hydrogens (tertiary/aromatic N) is 1. The standard InChI is InChI=1S/C14H17NO2S/c1-8(2)10-5-6-12(17-4)11(7-10)13-15-9(3)14(16)18-13/h5-8,16H,1-4H3. The highest BCUT2D eigenvalue weighted by Gasteiger charge is 2.14. The molecule has 0 unspecified atom stereocenters. The van der Waals surface area contributed by atoms with Crippen LogP contribution in [0.25, 0.3) is 10.6 Å². The lowest BCUT2D eigenvalue weighted by molar-refractivity contribution is 0.416. The Balaban J connectivity index is 2.56. The Morgan fingerprint density at radius 3 is 2.56 bits per heavy atom. The average molecular weight is 263 g/mol. The van der Waals surface area contributed by atoms with E-state index in [1.165, 1.54) is 16.9 Å². The highest BCUT2D eigenvalue weighted by atomic mass is 32.1. The molecule has 0 aliphatic carbocycles. The zero-order valence-corrected chi connectivity index (χ0v) is 11.8. The number of ether oxygens (including phenoxy) is 1. The van der Waals surface area contributed by atoms with Gasteiger partial charge in [0, 0.05) is 0 Å². The van der Waals surface area contributed by atoms with Crippen molar-refractivity contribution in [2.24, 2.45) is 0 Å². The molecule has 1 N–H and O–H groups in total. The molecule has 0 saturated carbocycles. The highest BCUT2D eigenvalue weighted by Crippen LogP contribution is 2.38. The van der Waals surface area contributed by atoms with Crippen LogP contribution in [0.1, 0.15) is 31.0 Å². The van der Waals surface area contributed by atoms with Crippen molar-refractivity contribution in [3.05, 3.63) is 29.5 Å². The first kappa shape index (κ1) is 12.9. The second kappa shape index (κ2) is 4.98. The van der Waals surface area contributed by atoms with Gasteiger partial charge in [0.05, 0.1) is 18.4 Å². The van der Waals surface area contributed by atoms with Gasteiger partial charge in [0.2, 0.25) is 0 Å². The summed E-state index contributed by atoms with van der Waals surface area (Å²) >= 11 is 1.28. The molecule has 0 saturated heterocycles. The summed E-state index contributed by atoms with van der Waals surface area (Å²) in [5.41, 5.74) is 2.84. The SMILES string of the molecule is COc1ccc(C(C)C)cc1-c1nc(C)c(O)s1. The minimum atomic E-state index is 0.266. The van der Waals surface area contributed by atoms with Gasteiger partial charge in [-0.3, -0.25) is 0 Å². The van der Waals surface area contributed by atoms with E-state index < -0.39 is 0 Å². The maximum Gasteiger partial charge on any atom is 0.195 e. The molecule has 96 valence electrons. The number of methoxy groups -OCH3 is 1. The number of aromatic hydroxyl groups is 1. The number of benzene rings is 1.